The van der Waals surface area contributed by atoms with Crippen LogP contribution in [0.2, 0.25) is 0 Å². The van der Waals surface area contributed by atoms with Gasteiger partial charge in [0.25, 0.3) is 5.91 Å². The molecule has 0 aliphatic carbocycles. The summed E-state index contributed by atoms with van der Waals surface area (Å²) in [6, 6.07) is 9.12. The van der Waals surface area contributed by atoms with E-state index in [0.29, 0.717) is 33.6 Å². The Kier molecular flexibility index (Phi) is 4.70. The zero-order chi connectivity index (χ0) is 18.9. The predicted octanol–water partition coefficient (Wildman–Crippen LogP) is 3.08. The molecule has 2 heterocycles. The maximum Gasteiger partial charge on any atom is 0.252 e. The predicted molar refractivity (Wildman–Crippen MR) is 98.1 cm³/mol. The molecular formula is C20H22N2O4. The first-order valence-electron chi connectivity index (χ1n) is 8.35. The van der Waals surface area contributed by atoms with E-state index in [1.54, 1.807) is 25.3 Å². The van der Waals surface area contributed by atoms with Crippen molar-refractivity contribution in [2.24, 2.45) is 5.73 Å². The second-order valence-electron chi connectivity index (χ2n) is 6.86. The van der Waals surface area contributed by atoms with E-state index in [2.05, 4.69) is 4.98 Å². The highest BCUT2D eigenvalue weighted by Crippen LogP contribution is 2.41. The number of primary amides is 1. The molecule has 0 aliphatic heterocycles. The highest BCUT2D eigenvalue weighted by Gasteiger charge is 2.31. The number of rotatable bonds is 6. The number of fused-ring (bicyclic) bond motifs is 1. The summed E-state index contributed by atoms with van der Waals surface area (Å²) in [5.41, 5.74) is 7.24. The first-order chi connectivity index (χ1) is 12.3. The van der Waals surface area contributed by atoms with E-state index >= 15 is 0 Å². The second kappa shape index (κ2) is 6.80. The van der Waals surface area contributed by atoms with Crippen molar-refractivity contribution in [3.8, 4) is 5.75 Å². The second-order valence-corrected chi connectivity index (χ2v) is 6.86. The zero-order valence-electron chi connectivity index (χ0n) is 15.1. The summed E-state index contributed by atoms with van der Waals surface area (Å²) in [6.45, 7) is 5.59. The minimum Gasteiger partial charge on any atom is -0.487 e. The molecule has 2 aromatic heterocycles. The number of aryl methyl sites for hydroxylation is 1. The Morgan fingerprint density at radius 2 is 2.08 bits per heavy atom. The normalized spacial score (nSPS) is 11.7. The summed E-state index contributed by atoms with van der Waals surface area (Å²) in [5, 5.41) is 10.5. The first kappa shape index (κ1) is 17.9. The van der Waals surface area contributed by atoms with Crippen LogP contribution in [0.3, 0.4) is 0 Å². The first-order valence-corrected chi connectivity index (χ1v) is 8.35. The van der Waals surface area contributed by atoms with Crippen LogP contribution in [0, 0.1) is 6.92 Å². The van der Waals surface area contributed by atoms with Gasteiger partial charge in [0.05, 0.1) is 17.9 Å². The maximum absolute atomic E-state index is 12.0. The van der Waals surface area contributed by atoms with Crippen LogP contribution < -0.4 is 10.5 Å². The fourth-order valence-electron chi connectivity index (χ4n) is 3.09. The number of hydrogen-bond donors (Lipinski definition) is 2. The monoisotopic (exact) mass is 354 g/mol. The van der Waals surface area contributed by atoms with Gasteiger partial charge in [0, 0.05) is 22.6 Å². The number of hydrogen-bond acceptors (Lipinski definition) is 5. The molecule has 0 fully saturated rings. The highest BCUT2D eigenvalue weighted by atomic mass is 16.5. The molecule has 6 nitrogen and oxygen atoms in total. The van der Waals surface area contributed by atoms with Crippen LogP contribution >= 0.6 is 0 Å². The van der Waals surface area contributed by atoms with Gasteiger partial charge in [-0.2, -0.15) is 0 Å². The van der Waals surface area contributed by atoms with Gasteiger partial charge in [-0.1, -0.05) is 19.9 Å². The van der Waals surface area contributed by atoms with E-state index < -0.39 is 11.3 Å². The van der Waals surface area contributed by atoms with Gasteiger partial charge < -0.3 is 20.0 Å². The van der Waals surface area contributed by atoms with E-state index in [1.165, 1.54) is 0 Å². The Labute approximate surface area is 151 Å². The van der Waals surface area contributed by atoms with Crippen LogP contribution in [0.4, 0.5) is 0 Å². The van der Waals surface area contributed by atoms with Gasteiger partial charge in [0.15, 0.2) is 0 Å². The number of benzene rings is 1. The third-order valence-corrected chi connectivity index (χ3v) is 4.41. The molecule has 3 rings (SSSR count). The molecule has 0 saturated heterocycles. The number of amides is 1. The largest absolute Gasteiger partial charge is 0.487 e. The van der Waals surface area contributed by atoms with Crippen molar-refractivity contribution >= 4 is 16.9 Å². The summed E-state index contributed by atoms with van der Waals surface area (Å²) in [6.07, 6.45) is 1.70. The summed E-state index contributed by atoms with van der Waals surface area (Å²) in [4.78, 5) is 16.3. The standard InChI is InChI=1S/C20H22N2O4/c1-12-16(19(21)24)17-14(26-12)7-8-15(18(17)20(2,3)11-23)25-10-13-6-4-5-9-22-13/h4-9,23H,10-11H2,1-3H3,(H2,21,24). The number of nitrogens with two attached hydrogens (primary N) is 1. The smallest absolute Gasteiger partial charge is 0.252 e. The lowest BCUT2D eigenvalue weighted by Crippen LogP contribution is -2.24. The Morgan fingerprint density at radius 1 is 1.31 bits per heavy atom. The van der Waals surface area contributed by atoms with Crippen LogP contribution in [0.1, 0.15) is 41.2 Å². The number of carbonyl (C=O) groups excluding carboxylic acids is 1. The van der Waals surface area contributed by atoms with Crippen molar-refractivity contribution in [3.63, 3.8) is 0 Å². The van der Waals surface area contributed by atoms with Crippen LogP contribution in [0.25, 0.3) is 11.0 Å². The number of aliphatic hydroxyl groups excluding tert-OH is 1. The van der Waals surface area contributed by atoms with E-state index in [0.717, 1.165) is 5.69 Å². The van der Waals surface area contributed by atoms with Gasteiger partial charge in [-0.3, -0.25) is 9.78 Å². The Balaban J connectivity index is 2.17. The van der Waals surface area contributed by atoms with E-state index in [-0.39, 0.29) is 13.2 Å². The Hall–Kier alpha value is -2.86. The van der Waals surface area contributed by atoms with Gasteiger partial charge in [-0.15, -0.1) is 0 Å². The number of ether oxygens (including phenoxy) is 1. The summed E-state index contributed by atoms with van der Waals surface area (Å²) in [5.74, 6) is 0.438. The number of pyridine rings is 1. The highest BCUT2D eigenvalue weighted by molar-refractivity contribution is 6.08. The topological polar surface area (TPSA) is 98.6 Å². The maximum atomic E-state index is 12.0. The molecule has 1 aromatic carbocycles. The van der Waals surface area contributed by atoms with Crippen molar-refractivity contribution in [2.45, 2.75) is 32.8 Å². The minimum atomic E-state index is -0.667. The molecule has 1 amide bonds. The molecule has 3 N–H and O–H groups in total. The summed E-state index contributed by atoms with van der Waals surface area (Å²) in [7, 11) is 0. The van der Waals surface area contributed by atoms with Gasteiger partial charge in [-0.25, -0.2) is 0 Å². The lowest BCUT2D eigenvalue weighted by Gasteiger charge is -2.26. The average molecular weight is 354 g/mol. The third-order valence-electron chi connectivity index (χ3n) is 4.41. The fourth-order valence-corrected chi connectivity index (χ4v) is 3.09. The molecular weight excluding hydrogens is 332 g/mol. The third kappa shape index (κ3) is 3.15. The molecule has 0 aliphatic rings. The van der Waals surface area contributed by atoms with E-state index in [4.69, 9.17) is 14.9 Å². The molecule has 26 heavy (non-hydrogen) atoms. The number of carbonyl (C=O) groups is 1. The van der Waals surface area contributed by atoms with Gasteiger partial charge in [0.1, 0.15) is 23.7 Å². The van der Waals surface area contributed by atoms with Crippen molar-refractivity contribution in [1.29, 1.82) is 0 Å². The molecule has 0 bridgehead atoms. The zero-order valence-corrected chi connectivity index (χ0v) is 15.1. The summed E-state index contributed by atoms with van der Waals surface area (Å²) >= 11 is 0. The molecule has 0 unspecified atom stereocenters. The Morgan fingerprint density at radius 3 is 2.69 bits per heavy atom. The van der Waals surface area contributed by atoms with Crippen molar-refractivity contribution in [2.75, 3.05) is 6.61 Å². The fraction of sp³-hybridized carbons (Fsp3) is 0.300. The molecule has 0 spiro atoms. The van der Waals surface area contributed by atoms with E-state index in [9.17, 15) is 9.90 Å². The van der Waals surface area contributed by atoms with Gasteiger partial charge in [0.2, 0.25) is 0 Å². The van der Waals surface area contributed by atoms with E-state index in [1.807, 2.05) is 32.0 Å². The molecule has 0 atom stereocenters. The van der Waals surface area contributed by atoms with Crippen molar-refractivity contribution < 1.29 is 19.1 Å². The Bertz CT molecular complexity index is 945. The molecule has 3 aromatic rings. The number of aromatic nitrogens is 1. The van der Waals surface area contributed by atoms with Gasteiger partial charge in [-0.05, 0) is 31.2 Å². The number of aliphatic hydroxyl groups is 1. The quantitative estimate of drug-likeness (QED) is 0.709. The molecule has 6 heteroatoms. The average Bonchev–Trinajstić information content (AvgIpc) is 2.96. The van der Waals surface area contributed by atoms with Gasteiger partial charge >= 0.3 is 0 Å². The molecule has 0 saturated carbocycles. The molecule has 0 radical (unpaired) electrons. The molecule has 136 valence electrons. The van der Waals surface area contributed by atoms with Crippen LogP contribution in [-0.2, 0) is 12.0 Å². The lowest BCUT2D eigenvalue weighted by atomic mass is 9.81. The number of furan rings is 1. The van der Waals surface area contributed by atoms with Crippen LogP contribution in [0.15, 0.2) is 40.9 Å². The minimum absolute atomic E-state index is 0.130. The summed E-state index contributed by atoms with van der Waals surface area (Å²) < 4.78 is 11.7. The number of nitrogens with zero attached hydrogens (tertiary/aromatic N) is 1. The SMILES string of the molecule is Cc1oc2ccc(OCc3ccccn3)c(C(C)(C)CO)c2c1C(N)=O. The van der Waals surface area contributed by atoms with Crippen LogP contribution in [0.5, 0.6) is 5.75 Å². The van der Waals surface area contributed by atoms with Crippen LogP contribution in [-0.4, -0.2) is 22.6 Å². The van der Waals surface area contributed by atoms with Crippen molar-refractivity contribution in [1.82, 2.24) is 4.98 Å². The van der Waals surface area contributed by atoms with Crippen molar-refractivity contribution in [3.05, 3.63) is 59.1 Å². The lowest BCUT2D eigenvalue weighted by molar-refractivity contribution is 0.1000.